The molecule has 2 N–H and O–H groups in total. The summed E-state index contributed by atoms with van der Waals surface area (Å²) in [5, 5.41) is 5.96. The summed E-state index contributed by atoms with van der Waals surface area (Å²) < 4.78 is 4.68. The fourth-order valence-corrected chi connectivity index (χ4v) is 2.56. The molecule has 0 saturated heterocycles. The molecule has 0 aliphatic carbocycles. The summed E-state index contributed by atoms with van der Waals surface area (Å²) in [7, 11) is 1.33. The number of hydrogen-bond donors (Lipinski definition) is 2. The number of nitrogens with zero attached hydrogens (tertiary/aromatic N) is 2. The number of methoxy groups -OCH3 is 1. The van der Waals surface area contributed by atoms with Crippen molar-refractivity contribution in [2.24, 2.45) is 0 Å². The molecular formula is C21H20N4O3. The molecule has 28 heavy (non-hydrogen) atoms. The first-order valence-corrected chi connectivity index (χ1v) is 8.62. The van der Waals surface area contributed by atoms with Gasteiger partial charge in [0.25, 0.3) is 5.91 Å². The predicted molar refractivity (Wildman–Crippen MR) is 107 cm³/mol. The lowest BCUT2D eigenvalue weighted by Crippen LogP contribution is -2.15. The van der Waals surface area contributed by atoms with E-state index in [0.29, 0.717) is 17.1 Å². The molecule has 1 amide bonds. The molecule has 0 bridgehead atoms. The molecule has 1 heterocycles. The van der Waals surface area contributed by atoms with E-state index >= 15 is 0 Å². The molecule has 0 unspecified atom stereocenters. The normalized spacial score (nSPS) is 10.2. The molecule has 0 atom stereocenters. The lowest BCUT2D eigenvalue weighted by molar-refractivity contribution is 0.0600. The number of esters is 1. The molecule has 7 nitrogen and oxygen atoms in total. The van der Waals surface area contributed by atoms with Crippen molar-refractivity contribution in [3.05, 3.63) is 77.2 Å². The first-order chi connectivity index (χ1) is 13.5. The summed E-state index contributed by atoms with van der Waals surface area (Å²) in [6.45, 7) is 3.90. The monoisotopic (exact) mass is 376 g/mol. The van der Waals surface area contributed by atoms with Crippen LogP contribution in [0, 0.1) is 13.8 Å². The lowest BCUT2D eigenvalue weighted by atomic mass is 10.1. The summed E-state index contributed by atoms with van der Waals surface area (Å²) in [6.07, 6.45) is 1.32. The number of hydrogen-bond acceptors (Lipinski definition) is 6. The Hall–Kier alpha value is -3.74. The Morgan fingerprint density at radius 1 is 0.964 bits per heavy atom. The van der Waals surface area contributed by atoms with Crippen LogP contribution in [-0.2, 0) is 4.74 Å². The number of anilines is 3. The van der Waals surface area contributed by atoms with Gasteiger partial charge in [0.2, 0.25) is 0 Å². The van der Waals surface area contributed by atoms with E-state index in [1.165, 1.54) is 13.4 Å². The highest BCUT2D eigenvalue weighted by atomic mass is 16.5. The number of carbonyl (C=O) groups is 2. The summed E-state index contributed by atoms with van der Waals surface area (Å²) in [4.78, 5) is 32.2. The van der Waals surface area contributed by atoms with Crippen LogP contribution in [0.4, 0.5) is 17.2 Å². The maximum Gasteiger partial charge on any atom is 0.337 e. The van der Waals surface area contributed by atoms with Crippen LogP contribution in [0.3, 0.4) is 0 Å². The fraction of sp³-hybridized carbons (Fsp3) is 0.143. The van der Waals surface area contributed by atoms with E-state index in [0.717, 1.165) is 16.8 Å². The third-order valence-corrected chi connectivity index (χ3v) is 4.12. The SMILES string of the molecule is COC(=O)c1ccc(Nc2cc(C(=O)Nc3cc(C)ccc3C)ncn2)cc1. The van der Waals surface area contributed by atoms with Gasteiger partial charge < -0.3 is 15.4 Å². The largest absolute Gasteiger partial charge is 0.465 e. The number of nitrogens with one attached hydrogen (secondary N) is 2. The first kappa shape index (κ1) is 19.0. The zero-order chi connectivity index (χ0) is 20.1. The number of rotatable bonds is 5. The third-order valence-electron chi connectivity index (χ3n) is 4.12. The molecule has 2 aromatic carbocycles. The zero-order valence-electron chi connectivity index (χ0n) is 15.8. The average molecular weight is 376 g/mol. The number of carbonyl (C=O) groups excluding carboxylic acids is 2. The van der Waals surface area contributed by atoms with Crippen molar-refractivity contribution in [3.63, 3.8) is 0 Å². The standard InChI is InChI=1S/C21H20N4O3/c1-13-4-5-14(2)17(10-13)25-20(26)18-11-19(23-12-22-18)24-16-8-6-15(7-9-16)21(27)28-3/h4-12H,1-3H3,(H,25,26)(H,22,23,24). The Bertz CT molecular complexity index is 1020. The number of benzene rings is 2. The van der Waals surface area contributed by atoms with Gasteiger partial charge in [-0.05, 0) is 55.3 Å². The van der Waals surface area contributed by atoms with Crippen molar-refractivity contribution >= 4 is 29.1 Å². The van der Waals surface area contributed by atoms with Crippen molar-refractivity contribution in [2.75, 3.05) is 17.7 Å². The number of aryl methyl sites for hydroxylation is 2. The average Bonchev–Trinajstić information content (AvgIpc) is 2.71. The summed E-state index contributed by atoms with van der Waals surface area (Å²) in [5.41, 5.74) is 4.18. The van der Waals surface area contributed by atoms with Crippen LogP contribution in [0.2, 0.25) is 0 Å². The highest BCUT2D eigenvalue weighted by Crippen LogP contribution is 2.19. The molecule has 0 aliphatic heterocycles. The molecular weight excluding hydrogens is 356 g/mol. The van der Waals surface area contributed by atoms with Crippen molar-refractivity contribution in [2.45, 2.75) is 13.8 Å². The van der Waals surface area contributed by atoms with Gasteiger partial charge >= 0.3 is 5.97 Å². The molecule has 3 rings (SSSR count). The molecule has 0 spiro atoms. The predicted octanol–water partition coefficient (Wildman–Crippen LogP) is 3.88. The quantitative estimate of drug-likeness (QED) is 0.657. The van der Waals surface area contributed by atoms with Gasteiger partial charge in [-0.25, -0.2) is 14.8 Å². The number of aromatic nitrogens is 2. The van der Waals surface area contributed by atoms with Crippen molar-refractivity contribution < 1.29 is 14.3 Å². The molecule has 142 valence electrons. The summed E-state index contributed by atoms with van der Waals surface area (Å²) >= 11 is 0. The highest BCUT2D eigenvalue weighted by Gasteiger charge is 2.11. The van der Waals surface area contributed by atoms with E-state index in [4.69, 9.17) is 0 Å². The highest BCUT2D eigenvalue weighted by molar-refractivity contribution is 6.03. The Labute approximate surface area is 162 Å². The summed E-state index contributed by atoms with van der Waals surface area (Å²) in [6, 6.07) is 14.2. The van der Waals surface area contributed by atoms with Gasteiger partial charge in [-0.3, -0.25) is 4.79 Å². The molecule has 1 aromatic heterocycles. The van der Waals surface area contributed by atoms with Crippen LogP contribution in [0.25, 0.3) is 0 Å². The second kappa shape index (κ2) is 8.30. The van der Waals surface area contributed by atoms with Gasteiger partial charge in [0.15, 0.2) is 0 Å². The van der Waals surface area contributed by atoms with Gasteiger partial charge in [0, 0.05) is 17.4 Å². The molecule has 3 aromatic rings. The minimum atomic E-state index is -0.404. The maximum absolute atomic E-state index is 12.6. The van der Waals surface area contributed by atoms with E-state index in [2.05, 4.69) is 25.3 Å². The molecule has 0 aliphatic rings. The Morgan fingerprint density at radius 3 is 2.43 bits per heavy atom. The molecule has 7 heteroatoms. The Balaban J connectivity index is 1.74. The summed E-state index contributed by atoms with van der Waals surface area (Å²) in [5.74, 6) is -0.258. The van der Waals surface area contributed by atoms with Gasteiger partial charge in [-0.1, -0.05) is 12.1 Å². The lowest BCUT2D eigenvalue weighted by Gasteiger charge is -2.10. The van der Waals surface area contributed by atoms with Gasteiger partial charge in [-0.2, -0.15) is 0 Å². The van der Waals surface area contributed by atoms with E-state index in [1.807, 2.05) is 32.0 Å². The molecule has 0 radical (unpaired) electrons. The third kappa shape index (κ3) is 4.50. The molecule has 0 fully saturated rings. The Morgan fingerprint density at radius 2 is 1.71 bits per heavy atom. The second-order valence-electron chi connectivity index (χ2n) is 6.25. The zero-order valence-corrected chi connectivity index (χ0v) is 15.8. The van der Waals surface area contributed by atoms with Gasteiger partial charge in [-0.15, -0.1) is 0 Å². The minimum Gasteiger partial charge on any atom is -0.465 e. The maximum atomic E-state index is 12.6. The van der Waals surface area contributed by atoms with E-state index in [1.54, 1.807) is 30.3 Å². The van der Waals surface area contributed by atoms with E-state index < -0.39 is 5.97 Å². The van der Waals surface area contributed by atoms with Crippen LogP contribution in [0.5, 0.6) is 0 Å². The van der Waals surface area contributed by atoms with Gasteiger partial charge in [0.05, 0.1) is 12.7 Å². The number of amides is 1. The van der Waals surface area contributed by atoms with Gasteiger partial charge in [0.1, 0.15) is 17.8 Å². The molecule has 0 saturated carbocycles. The van der Waals surface area contributed by atoms with E-state index in [-0.39, 0.29) is 11.6 Å². The van der Waals surface area contributed by atoms with Crippen molar-refractivity contribution in [3.8, 4) is 0 Å². The fourth-order valence-electron chi connectivity index (χ4n) is 2.56. The minimum absolute atomic E-state index is 0.240. The van der Waals surface area contributed by atoms with Crippen LogP contribution >= 0.6 is 0 Å². The van der Waals surface area contributed by atoms with Crippen LogP contribution in [0.1, 0.15) is 32.0 Å². The number of ether oxygens (including phenoxy) is 1. The first-order valence-electron chi connectivity index (χ1n) is 8.62. The van der Waals surface area contributed by atoms with E-state index in [9.17, 15) is 9.59 Å². The smallest absolute Gasteiger partial charge is 0.337 e. The van der Waals surface area contributed by atoms with Crippen molar-refractivity contribution in [1.82, 2.24) is 9.97 Å². The van der Waals surface area contributed by atoms with Crippen LogP contribution < -0.4 is 10.6 Å². The second-order valence-corrected chi connectivity index (χ2v) is 6.25. The van der Waals surface area contributed by atoms with Crippen LogP contribution in [0.15, 0.2) is 54.9 Å². The van der Waals surface area contributed by atoms with Crippen molar-refractivity contribution in [1.29, 1.82) is 0 Å². The van der Waals surface area contributed by atoms with Crippen LogP contribution in [-0.4, -0.2) is 29.0 Å². The topological polar surface area (TPSA) is 93.2 Å². The Kier molecular flexibility index (Phi) is 5.64.